The average molecular weight is 286 g/mol. The van der Waals surface area contributed by atoms with Gasteiger partial charge in [0.2, 0.25) is 5.95 Å². The quantitative estimate of drug-likeness (QED) is 0.939. The van der Waals surface area contributed by atoms with Crippen LogP contribution in [0.2, 0.25) is 0 Å². The van der Waals surface area contributed by atoms with Gasteiger partial charge >= 0.3 is 0 Å². The number of piperidine rings is 1. The third kappa shape index (κ3) is 3.55. The molecule has 0 atom stereocenters. The molecule has 0 aliphatic carbocycles. The summed E-state index contributed by atoms with van der Waals surface area (Å²) in [6.45, 7) is 1.81. The van der Waals surface area contributed by atoms with Crippen LogP contribution in [-0.4, -0.2) is 29.1 Å². The number of halogens is 1. The van der Waals surface area contributed by atoms with Crippen molar-refractivity contribution in [2.45, 2.75) is 25.3 Å². The Hall–Kier alpha value is -2.01. The van der Waals surface area contributed by atoms with E-state index in [4.69, 9.17) is 5.73 Å². The van der Waals surface area contributed by atoms with Gasteiger partial charge in [0.1, 0.15) is 5.82 Å². The molecule has 2 heterocycles. The summed E-state index contributed by atoms with van der Waals surface area (Å²) in [5, 5.41) is 0. The first-order chi connectivity index (χ1) is 10.2. The standard InChI is InChI=1S/C16H19FN4/c17-14-3-1-2-12(9-14)8-13-10-19-16(20-11-13)21-6-4-15(18)5-7-21/h1-3,9-11,15H,4-8,18H2. The summed E-state index contributed by atoms with van der Waals surface area (Å²) in [5.41, 5.74) is 7.81. The third-order valence-electron chi connectivity index (χ3n) is 3.81. The van der Waals surface area contributed by atoms with Crippen LogP contribution in [0.1, 0.15) is 24.0 Å². The summed E-state index contributed by atoms with van der Waals surface area (Å²) in [6.07, 6.45) is 6.25. The highest BCUT2D eigenvalue weighted by Crippen LogP contribution is 2.16. The van der Waals surface area contributed by atoms with Gasteiger partial charge in [-0.3, -0.25) is 0 Å². The van der Waals surface area contributed by atoms with E-state index in [1.807, 2.05) is 18.5 Å². The van der Waals surface area contributed by atoms with Crippen molar-refractivity contribution in [2.24, 2.45) is 5.73 Å². The second-order valence-electron chi connectivity index (χ2n) is 5.52. The van der Waals surface area contributed by atoms with Gasteiger partial charge in [-0.15, -0.1) is 0 Å². The molecule has 3 rings (SSSR count). The Kier molecular flexibility index (Phi) is 4.10. The van der Waals surface area contributed by atoms with Gasteiger partial charge in [-0.25, -0.2) is 14.4 Å². The Labute approximate surface area is 123 Å². The number of hydrogen-bond acceptors (Lipinski definition) is 4. The highest BCUT2D eigenvalue weighted by Gasteiger charge is 2.17. The summed E-state index contributed by atoms with van der Waals surface area (Å²) in [5.74, 6) is 0.541. The Bertz CT molecular complexity index is 591. The number of anilines is 1. The topological polar surface area (TPSA) is 55.0 Å². The normalized spacial score (nSPS) is 16.2. The van der Waals surface area contributed by atoms with Crippen molar-refractivity contribution in [3.8, 4) is 0 Å². The van der Waals surface area contributed by atoms with Crippen molar-refractivity contribution in [1.29, 1.82) is 0 Å². The number of rotatable bonds is 3. The molecule has 1 aliphatic heterocycles. The number of aromatic nitrogens is 2. The molecule has 1 saturated heterocycles. The third-order valence-corrected chi connectivity index (χ3v) is 3.81. The number of benzene rings is 1. The highest BCUT2D eigenvalue weighted by atomic mass is 19.1. The molecule has 0 amide bonds. The molecule has 1 aromatic carbocycles. The second-order valence-corrected chi connectivity index (χ2v) is 5.52. The van der Waals surface area contributed by atoms with E-state index in [0.717, 1.165) is 43.0 Å². The predicted molar refractivity (Wildman–Crippen MR) is 80.7 cm³/mol. The van der Waals surface area contributed by atoms with E-state index in [1.54, 1.807) is 12.1 Å². The summed E-state index contributed by atoms with van der Waals surface area (Å²) in [7, 11) is 0. The van der Waals surface area contributed by atoms with Crippen molar-refractivity contribution in [1.82, 2.24) is 9.97 Å². The molecule has 0 bridgehead atoms. The molecule has 4 nitrogen and oxygen atoms in total. The molecule has 0 spiro atoms. The van der Waals surface area contributed by atoms with Crippen LogP contribution in [0.3, 0.4) is 0 Å². The van der Waals surface area contributed by atoms with E-state index in [0.29, 0.717) is 12.5 Å². The van der Waals surface area contributed by atoms with Gasteiger partial charge in [0.15, 0.2) is 0 Å². The zero-order chi connectivity index (χ0) is 14.7. The largest absolute Gasteiger partial charge is 0.341 e. The fourth-order valence-electron chi connectivity index (χ4n) is 2.58. The molecular formula is C16H19FN4. The first kappa shape index (κ1) is 13.9. The minimum Gasteiger partial charge on any atom is -0.341 e. The van der Waals surface area contributed by atoms with Gasteiger partial charge < -0.3 is 10.6 Å². The van der Waals surface area contributed by atoms with E-state index >= 15 is 0 Å². The van der Waals surface area contributed by atoms with Crippen LogP contribution < -0.4 is 10.6 Å². The Balaban J connectivity index is 1.66. The zero-order valence-electron chi connectivity index (χ0n) is 11.9. The summed E-state index contributed by atoms with van der Waals surface area (Å²) >= 11 is 0. The molecule has 1 aromatic heterocycles. The van der Waals surface area contributed by atoms with Crippen LogP contribution in [0.5, 0.6) is 0 Å². The SMILES string of the molecule is NC1CCN(c2ncc(Cc3cccc(F)c3)cn2)CC1. The average Bonchev–Trinajstić information content (AvgIpc) is 2.49. The van der Waals surface area contributed by atoms with Crippen LogP contribution in [-0.2, 0) is 6.42 Å². The fraction of sp³-hybridized carbons (Fsp3) is 0.375. The van der Waals surface area contributed by atoms with Gasteiger partial charge in [-0.2, -0.15) is 0 Å². The number of hydrogen-bond donors (Lipinski definition) is 1. The molecule has 1 aliphatic rings. The summed E-state index contributed by atoms with van der Waals surface area (Å²) < 4.78 is 13.2. The zero-order valence-corrected chi connectivity index (χ0v) is 11.9. The number of nitrogens with two attached hydrogens (primary N) is 1. The lowest BCUT2D eigenvalue weighted by Gasteiger charge is -2.30. The Morgan fingerprint density at radius 2 is 1.86 bits per heavy atom. The molecule has 110 valence electrons. The fourth-order valence-corrected chi connectivity index (χ4v) is 2.58. The van der Waals surface area contributed by atoms with E-state index < -0.39 is 0 Å². The van der Waals surface area contributed by atoms with Gasteiger partial charge in [0.05, 0.1) is 0 Å². The molecule has 21 heavy (non-hydrogen) atoms. The monoisotopic (exact) mass is 286 g/mol. The molecular weight excluding hydrogens is 267 g/mol. The first-order valence-electron chi connectivity index (χ1n) is 7.26. The molecule has 2 aromatic rings. The minimum atomic E-state index is -0.213. The van der Waals surface area contributed by atoms with E-state index in [1.165, 1.54) is 6.07 Å². The summed E-state index contributed by atoms with van der Waals surface area (Å²) in [6, 6.07) is 6.91. The Morgan fingerprint density at radius 3 is 2.52 bits per heavy atom. The van der Waals surface area contributed by atoms with E-state index in [2.05, 4.69) is 14.9 Å². The lowest BCUT2D eigenvalue weighted by molar-refractivity contribution is 0.495. The summed E-state index contributed by atoms with van der Waals surface area (Å²) in [4.78, 5) is 11.0. The predicted octanol–water partition coefficient (Wildman–Crippen LogP) is 2.13. The smallest absolute Gasteiger partial charge is 0.225 e. The number of nitrogens with zero attached hydrogens (tertiary/aromatic N) is 3. The molecule has 0 radical (unpaired) electrons. The van der Waals surface area contributed by atoms with Gasteiger partial charge in [0.25, 0.3) is 0 Å². The molecule has 5 heteroatoms. The van der Waals surface area contributed by atoms with Crippen LogP contribution >= 0.6 is 0 Å². The minimum absolute atomic E-state index is 0.213. The van der Waals surface area contributed by atoms with E-state index in [9.17, 15) is 4.39 Å². The van der Waals surface area contributed by atoms with Crippen LogP contribution in [0.4, 0.5) is 10.3 Å². The molecule has 0 unspecified atom stereocenters. The maximum absolute atomic E-state index is 13.2. The molecule has 0 saturated carbocycles. The van der Waals surface area contributed by atoms with Crippen LogP contribution in [0.15, 0.2) is 36.7 Å². The van der Waals surface area contributed by atoms with Gasteiger partial charge in [-0.1, -0.05) is 12.1 Å². The lowest BCUT2D eigenvalue weighted by Crippen LogP contribution is -2.40. The van der Waals surface area contributed by atoms with Gasteiger partial charge in [0, 0.05) is 37.9 Å². The van der Waals surface area contributed by atoms with Crippen molar-refractivity contribution in [3.05, 3.63) is 53.6 Å². The lowest BCUT2D eigenvalue weighted by atomic mass is 10.1. The van der Waals surface area contributed by atoms with Crippen molar-refractivity contribution in [2.75, 3.05) is 18.0 Å². The Morgan fingerprint density at radius 1 is 1.14 bits per heavy atom. The van der Waals surface area contributed by atoms with Gasteiger partial charge in [-0.05, 0) is 36.1 Å². The van der Waals surface area contributed by atoms with Crippen molar-refractivity contribution in [3.63, 3.8) is 0 Å². The highest BCUT2D eigenvalue weighted by molar-refractivity contribution is 5.32. The molecule has 1 fully saturated rings. The van der Waals surface area contributed by atoms with Crippen molar-refractivity contribution >= 4 is 5.95 Å². The van der Waals surface area contributed by atoms with Crippen LogP contribution in [0.25, 0.3) is 0 Å². The second kappa shape index (κ2) is 6.18. The first-order valence-corrected chi connectivity index (χ1v) is 7.26. The maximum atomic E-state index is 13.2. The van der Waals surface area contributed by atoms with Crippen molar-refractivity contribution < 1.29 is 4.39 Å². The molecule has 2 N–H and O–H groups in total. The van der Waals surface area contributed by atoms with E-state index in [-0.39, 0.29) is 5.82 Å². The maximum Gasteiger partial charge on any atom is 0.225 e. The van der Waals surface area contributed by atoms with Crippen LogP contribution in [0, 0.1) is 5.82 Å².